The highest BCUT2D eigenvalue weighted by Gasteiger charge is 2.27. The molecule has 2 rings (SSSR count). The molecule has 1 fully saturated rings. The molecule has 0 radical (unpaired) electrons. The van der Waals surface area contributed by atoms with E-state index in [1.54, 1.807) is 13.0 Å². The van der Waals surface area contributed by atoms with Gasteiger partial charge in [-0.3, -0.25) is 9.59 Å². The minimum absolute atomic E-state index is 0.0324. The van der Waals surface area contributed by atoms with Crippen molar-refractivity contribution in [2.24, 2.45) is 5.92 Å². The Morgan fingerprint density at radius 1 is 1.25 bits per heavy atom. The molecule has 2 amide bonds. The Morgan fingerprint density at radius 2 is 1.96 bits per heavy atom. The van der Waals surface area contributed by atoms with Gasteiger partial charge in [0.2, 0.25) is 11.8 Å². The van der Waals surface area contributed by atoms with Crippen molar-refractivity contribution in [3.05, 3.63) is 11.8 Å². The van der Waals surface area contributed by atoms with E-state index in [1.165, 1.54) is 19.3 Å². The second-order valence-electron chi connectivity index (χ2n) is 6.63. The summed E-state index contributed by atoms with van der Waals surface area (Å²) in [7, 11) is 0. The lowest BCUT2D eigenvalue weighted by atomic mass is 9.95. The van der Waals surface area contributed by atoms with Crippen molar-refractivity contribution >= 4 is 17.6 Å². The normalized spacial score (nSPS) is 15.5. The van der Waals surface area contributed by atoms with Gasteiger partial charge in [0.05, 0.1) is 0 Å². The fourth-order valence-electron chi connectivity index (χ4n) is 3.08. The van der Waals surface area contributed by atoms with Crippen LogP contribution in [0.3, 0.4) is 0 Å². The Bertz CT molecular complexity index is 533. The summed E-state index contributed by atoms with van der Waals surface area (Å²) in [5.41, 5.74) is 0. The molecule has 134 valence electrons. The van der Waals surface area contributed by atoms with Crippen LogP contribution in [0.5, 0.6) is 0 Å². The number of likely N-dealkylation sites (tertiary alicyclic amines) is 1. The lowest BCUT2D eigenvalue weighted by Crippen LogP contribution is -2.41. The topological polar surface area (TPSA) is 75.4 Å². The average molecular weight is 335 g/mol. The van der Waals surface area contributed by atoms with Crippen molar-refractivity contribution in [1.82, 2.24) is 10.1 Å². The third-order valence-electron chi connectivity index (χ3n) is 4.59. The molecule has 0 atom stereocenters. The van der Waals surface area contributed by atoms with Crippen LogP contribution in [0.15, 0.2) is 10.6 Å². The summed E-state index contributed by atoms with van der Waals surface area (Å²) in [5, 5.41) is 6.56. The van der Waals surface area contributed by atoms with Crippen molar-refractivity contribution in [1.29, 1.82) is 0 Å². The second kappa shape index (κ2) is 9.45. The minimum Gasteiger partial charge on any atom is -0.360 e. The number of piperidine rings is 1. The van der Waals surface area contributed by atoms with Gasteiger partial charge in [0, 0.05) is 31.5 Å². The summed E-state index contributed by atoms with van der Waals surface area (Å²) in [6.45, 7) is 5.32. The molecule has 6 heteroatoms. The Morgan fingerprint density at radius 3 is 2.58 bits per heavy atom. The number of hydrogen-bond acceptors (Lipinski definition) is 4. The third kappa shape index (κ3) is 5.65. The largest absolute Gasteiger partial charge is 0.360 e. The first-order valence-electron chi connectivity index (χ1n) is 9.12. The van der Waals surface area contributed by atoms with Crippen LogP contribution < -0.4 is 5.32 Å². The van der Waals surface area contributed by atoms with Crippen molar-refractivity contribution in [2.45, 2.75) is 65.2 Å². The van der Waals surface area contributed by atoms with Gasteiger partial charge in [-0.1, -0.05) is 37.8 Å². The quantitative estimate of drug-likeness (QED) is 0.738. The maximum atomic E-state index is 12.2. The second-order valence-corrected chi connectivity index (χ2v) is 6.63. The Labute approximate surface area is 143 Å². The fraction of sp³-hybridized carbons (Fsp3) is 0.722. The van der Waals surface area contributed by atoms with Crippen molar-refractivity contribution in [3.8, 4) is 0 Å². The molecule has 0 bridgehead atoms. The molecule has 0 aromatic carbocycles. The zero-order valence-electron chi connectivity index (χ0n) is 14.8. The predicted molar refractivity (Wildman–Crippen MR) is 92.5 cm³/mol. The van der Waals surface area contributed by atoms with Crippen LogP contribution in [-0.2, 0) is 9.59 Å². The number of rotatable bonds is 8. The van der Waals surface area contributed by atoms with E-state index in [2.05, 4.69) is 17.4 Å². The molecule has 1 aliphatic rings. The molecule has 6 nitrogen and oxygen atoms in total. The van der Waals surface area contributed by atoms with Crippen LogP contribution in [0.4, 0.5) is 5.82 Å². The SMILES string of the molecule is CCCCCCCC(=O)N1CCC(C(=O)Nc2cc(C)on2)CC1. The van der Waals surface area contributed by atoms with Crippen LogP contribution in [0.25, 0.3) is 0 Å². The molecule has 24 heavy (non-hydrogen) atoms. The van der Waals surface area contributed by atoms with Crippen LogP contribution in [-0.4, -0.2) is 35.0 Å². The molecule has 1 aromatic heterocycles. The summed E-state index contributed by atoms with van der Waals surface area (Å²) in [6, 6.07) is 1.70. The van der Waals surface area contributed by atoms with Gasteiger partial charge in [-0.2, -0.15) is 0 Å². The van der Waals surface area contributed by atoms with E-state index in [0.29, 0.717) is 43.9 Å². The Kier molecular flexibility index (Phi) is 7.28. The van der Waals surface area contributed by atoms with Gasteiger partial charge >= 0.3 is 0 Å². The minimum atomic E-state index is -0.0596. The molecule has 2 heterocycles. The van der Waals surface area contributed by atoms with Gasteiger partial charge in [-0.05, 0) is 26.2 Å². The zero-order valence-corrected chi connectivity index (χ0v) is 14.8. The monoisotopic (exact) mass is 335 g/mol. The molecule has 1 aromatic rings. The van der Waals surface area contributed by atoms with E-state index < -0.39 is 0 Å². The molecule has 0 unspecified atom stereocenters. The molecular formula is C18H29N3O3. The summed E-state index contributed by atoms with van der Waals surface area (Å²) in [4.78, 5) is 26.3. The van der Waals surface area contributed by atoms with Crippen molar-refractivity contribution in [2.75, 3.05) is 18.4 Å². The van der Waals surface area contributed by atoms with E-state index in [0.717, 1.165) is 12.8 Å². The summed E-state index contributed by atoms with van der Waals surface area (Å²) in [6.07, 6.45) is 7.86. The van der Waals surface area contributed by atoms with E-state index in [1.807, 2.05) is 4.90 Å². The number of amides is 2. The maximum Gasteiger partial charge on any atom is 0.228 e. The molecule has 0 saturated carbocycles. The lowest BCUT2D eigenvalue weighted by molar-refractivity contribution is -0.134. The molecule has 1 N–H and O–H groups in total. The Balaban J connectivity index is 1.66. The lowest BCUT2D eigenvalue weighted by Gasteiger charge is -2.31. The number of hydrogen-bond donors (Lipinski definition) is 1. The van der Waals surface area contributed by atoms with Crippen LogP contribution >= 0.6 is 0 Å². The van der Waals surface area contributed by atoms with Gasteiger partial charge in [0.25, 0.3) is 0 Å². The fourth-order valence-corrected chi connectivity index (χ4v) is 3.08. The third-order valence-corrected chi connectivity index (χ3v) is 4.59. The summed E-state index contributed by atoms with van der Waals surface area (Å²) in [5.74, 6) is 1.27. The van der Waals surface area contributed by atoms with Crippen LogP contribution in [0, 0.1) is 12.8 Å². The first-order chi connectivity index (χ1) is 11.6. The van der Waals surface area contributed by atoms with Gasteiger partial charge < -0.3 is 14.7 Å². The number of anilines is 1. The summed E-state index contributed by atoms with van der Waals surface area (Å²) < 4.78 is 4.95. The van der Waals surface area contributed by atoms with Gasteiger partial charge in [-0.25, -0.2) is 0 Å². The zero-order chi connectivity index (χ0) is 17.4. The molecule has 1 saturated heterocycles. The van der Waals surface area contributed by atoms with Crippen molar-refractivity contribution < 1.29 is 14.1 Å². The highest BCUT2D eigenvalue weighted by molar-refractivity contribution is 5.91. The van der Waals surface area contributed by atoms with E-state index in [-0.39, 0.29) is 17.7 Å². The van der Waals surface area contributed by atoms with E-state index >= 15 is 0 Å². The molecule has 1 aliphatic heterocycles. The number of carbonyl (C=O) groups is 2. The molecule has 0 aliphatic carbocycles. The average Bonchev–Trinajstić information content (AvgIpc) is 2.99. The van der Waals surface area contributed by atoms with Crippen LogP contribution in [0.1, 0.15) is 64.1 Å². The standard InChI is InChI=1S/C18H29N3O3/c1-3-4-5-6-7-8-17(22)21-11-9-15(10-12-21)18(23)19-16-13-14(2)24-20-16/h13,15H,3-12H2,1-2H3,(H,19,20,23). The number of unbranched alkanes of at least 4 members (excludes halogenated alkanes) is 4. The molecular weight excluding hydrogens is 306 g/mol. The number of nitrogens with one attached hydrogen (secondary N) is 1. The van der Waals surface area contributed by atoms with E-state index in [4.69, 9.17) is 4.52 Å². The Hall–Kier alpha value is -1.85. The number of aryl methyl sites for hydroxylation is 1. The highest BCUT2D eigenvalue weighted by atomic mass is 16.5. The number of carbonyl (C=O) groups excluding carboxylic acids is 2. The van der Waals surface area contributed by atoms with Gasteiger partial charge in [-0.15, -0.1) is 0 Å². The maximum absolute atomic E-state index is 12.2. The van der Waals surface area contributed by atoms with Gasteiger partial charge in [0.1, 0.15) is 5.76 Å². The van der Waals surface area contributed by atoms with Crippen molar-refractivity contribution in [3.63, 3.8) is 0 Å². The predicted octanol–water partition coefficient (Wildman–Crippen LogP) is 3.52. The summed E-state index contributed by atoms with van der Waals surface area (Å²) >= 11 is 0. The first kappa shape index (κ1) is 18.5. The van der Waals surface area contributed by atoms with Gasteiger partial charge in [0.15, 0.2) is 5.82 Å². The highest BCUT2D eigenvalue weighted by Crippen LogP contribution is 2.20. The molecule has 0 spiro atoms. The first-order valence-corrected chi connectivity index (χ1v) is 9.12. The van der Waals surface area contributed by atoms with Crippen LogP contribution in [0.2, 0.25) is 0 Å². The smallest absolute Gasteiger partial charge is 0.228 e. The van der Waals surface area contributed by atoms with E-state index in [9.17, 15) is 9.59 Å². The number of nitrogens with zero attached hydrogens (tertiary/aromatic N) is 2. The number of aromatic nitrogens is 1.